The molecular weight excluding hydrogens is 216 g/mol. The van der Waals surface area contributed by atoms with Crippen LogP contribution in [0.1, 0.15) is 27.2 Å². The van der Waals surface area contributed by atoms with Crippen LogP contribution >= 0.6 is 0 Å². The van der Waals surface area contributed by atoms with Gasteiger partial charge in [0.2, 0.25) is 5.91 Å². The van der Waals surface area contributed by atoms with E-state index in [0.717, 1.165) is 0 Å². The summed E-state index contributed by atoms with van der Waals surface area (Å²) in [7, 11) is 0. The van der Waals surface area contributed by atoms with Gasteiger partial charge in [0.1, 0.15) is 6.07 Å². The van der Waals surface area contributed by atoms with Crippen LogP contribution in [0.2, 0.25) is 0 Å². The topological polar surface area (TPSA) is 70.0 Å². The van der Waals surface area contributed by atoms with E-state index in [1.54, 1.807) is 6.08 Å². The summed E-state index contributed by atoms with van der Waals surface area (Å²) in [6.07, 6.45) is 2.09. The minimum absolute atomic E-state index is 0.0119. The normalized spacial score (nSPS) is 35.4. The van der Waals surface area contributed by atoms with Gasteiger partial charge in [0, 0.05) is 23.8 Å². The second-order valence-corrected chi connectivity index (χ2v) is 5.76. The van der Waals surface area contributed by atoms with Gasteiger partial charge >= 0.3 is 0 Å². The lowest BCUT2D eigenvalue weighted by atomic mass is 9.55. The lowest BCUT2D eigenvalue weighted by Crippen LogP contribution is -2.56. The van der Waals surface area contributed by atoms with Crippen LogP contribution in [0.4, 0.5) is 0 Å². The fourth-order valence-electron chi connectivity index (χ4n) is 3.12. The largest absolute Gasteiger partial charge is 0.355 e. The molecular formula is C13H16N2O2. The van der Waals surface area contributed by atoms with E-state index in [1.165, 1.54) is 0 Å². The first kappa shape index (κ1) is 11.8. The van der Waals surface area contributed by atoms with Crippen molar-refractivity contribution in [1.29, 1.82) is 5.26 Å². The fraction of sp³-hybridized carbons (Fsp3) is 0.615. The Kier molecular flexibility index (Phi) is 2.39. The van der Waals surface area contributed by atoms with Crippen molar-refractivity contribution in [2.75, 3.05) is 6.54 Å². The lowest BCUT2D eigenvalue weighted by molar-refractivity contribution is -0.136. The first-order valence-corrected chi connectivity index (χ1v) is 5.76. The Labute approximate surface area is 101 Å². The number of nitrogens with one attached hydrogen (secondary N) is 1. The van der Waals surface area contributed by atoms with Crippen LogP contribution in [0, 0.1) is 28.1 Å². The molecule has 1 amide bonds. The van der Waals surface area contributed by atoms with E-state index in [1.807, 2.05) is 26.8 Å². The molecule has 4 nitrogen and oxygen atoms in total. The van der Waals surface area contributed by atoms with Crippen molar-refractivity contribution in [2.45, 2.75) is 27.2 Å². The number of carbonyl (C=O) groups excluding carboxylic acids is 2. The van der Waals surface area contributed by atoms with E-state index >= 15 is 0 Å². The molecule has 0 unspecified atom stereocenters. The van der Waals surface area contributed by atoms with E-state index < -0.39 is 5.41 Å². The van der Waals surface area contributed by atoms with Crippen LogP contribution < -0.4 is 5.32 Å². The Morgan fingerprint density at radius 1 is 1.41 bits per heavy atom. The highest BCUT2D eigenvalue weighted by molar-refractivity contribution is 6.04. The molecule has 1 heterocycles. The molecule has 2 aliphatic rings. The summed E-state index contributed by atoms with van der Waals surface area (Å²) in [5.74, 6) is -0.187. The van der Waals surface area contributed by atoms with E-state index in [4.69, 9.17) is 5.26 Å². The Morgan fingerprint density at radius 2 is 2.06 bits per heavy atom. The molecule has 17 heavy (non-hydrogen) atoms. The van der Waals surface area contributed by atoms with Crippen molar-refractivity contribution >= 4 is 11.7 Å². The third-order valence-electron chi connectivity index (χ3n) is 4.15. The van der Waals surface area contributed by atoms with Gasteiger partial charge < -0.3 is 5.32 Å². The molecule has 0 saturated carbocycles. The van der Waals surface area contributed by atoms with Crippen LogP contribution in [0.15, 0.2) is 11.6 Å². The van der Waals surface area contributed by atoms with Crippen LogP contribution in [0.5, 0.6) is 0 Å². The zero-order valence-corrected chi connectivity index (χ0v) is 10.3. The molecule has 2 atom stereocenters. The highest BCUT2D eigenvalue weighted by Gasteiger charge is 2.53. The van der Waals surface area contributed by atoms with Gasteiger partial charge in [-0.2, -0.15) is 5.26 Å². The Bertz CT molecular complexity index is 470. The zero-order chi connectivity index (χ0) is 12.8. The molecule has 1 N–H and O–H groups in total. The van der Waals surface area contributed by atoms with Gasteiger partial charge in [-0.05, 0) is 5.92 Å². The number of carbonyl (C=O) groups is 2. The molecule has 0 aromatic carbocycles. The third kappa shape index (κ3) is 1.57. The quantitative estimate of drug-likeness (QED) is 0.682. The minimum atomic E-state index is -0.647. The van der Waals surface area contributed by atoms with Crippen LogP contribution in [-0.2, 0) is 9.59 Å². The van der Waals surface area contributed by atoms with Gasteiger partial charge in [0.05, 0.1) is 5.57 Å². The number of nitriles is 1. The predicted molar refractivity (Wildman–Crippen MR) is 61.7 cm³/mol. The van der Waals surface area contributed by atoms with Crippen molar-refractivity contribution in [2.24, 2.45) is 16.7 Å². The number of amides is 1. The number of rotatable bonds is 0. The molecule has 1 aliphatic carbocycles. The highest BCUT2D eigenvalue weighted by atomic mass is 16.2. The highest BCUT2D eigenvalue weighted by Crippen LogP contribution is 2.50. The van der Waals surface area contributed by atoms with Crippen molar-refractivity contribution in [3.05, 3.63) is 11.6 Å². The molecule has 2 rings (SSSR count). The molecule has 1 saturated heterocycles. The Hall–Kier alpha value is -1.63. The minimum Gasteiger partial charge on any atom is -0.355 e. The number of hydrogen-bond acceptors (Lipinski definition) is 3. The Balaban J connectivity index is 2.55. The summed E-state index contributed by atoms with van der Waals surface area (Å²) >= 11 is 0. The maximum atomic E-state index is 12.2. The summed E-state index contributed by atoms with van der Waals surface area (Å²) in [4.78, 5) is 23.7. The Morgan fingerprint density at radius 3 is 2.65 bits per heavy atom. The molecule has 1 aliphatic heterocycles. The van der Waals surface area contributed by atoms with E-state index in [-0.39, 0.29) is 28.6 Å². The summed E-state index contributed by atoms with van der Waals surface area (Å²) < 4.78 is 0. The number of nitrogens with zero attached hydrogens (tertiary/aromatic N) is 1. The van der Waals surface area contributed by atoms with E-state index in [9.17, 15) is 9.59 Å². The lowest BCUT2D eigenvalue weighted by Gasteiger charge is -2.49. The second-order valence-electron chi connectivity index (χ2n) is 5.76. The molecule has 4 heteroatoms. The molecule has 90 valence electrons. The fourth-order valence-corrected chi connectivity index (χ4v) is 3.12. The standard InChI is InChI=1S/C13H16N2O2/c1-12(2)9-4-10(16)15-7-13(9,3)5-8(6-14)11(12)17/h5,9H,4,7H2,1-3H3,(H,15,16)/t9-,13+/m1/s1. The van der Waals surface area contributed by atoms with Gasteiger partial charge in [-0.3, -0.25) is 9.59 Å². The number of piperidine rings is 1. The molecule has 0 aromatic heterocycles. The first-order valence-electron chi connectivity index (χ1n) is 5.76. The SMILES string of the molecule is CC1(C)C(=O)C(C#N)=C[C@@]2(C)CNC(=O)C[C@H]12. The zero-order valence-electron chi connectivity index (χ0n) is 10.3. The number of fused-ring (bicyclic) bond motifs is 1. The van der Waals surface area contributed by atoms with E-state index in [2.05, 4.69) is 5.32 Å². The molecule has 0 aromatic rings. The van der Waals surface area contributed by atoms with E-state index in [0.29, 0.717) is 13.0 Å². The first-order chi connectivity index (χ1) is 7.81. The molecule has 0 spiro atoms. The van der Waals surface area contributed by atoms with Gasteiger partial charge in [-0.15, -0.1) is 0 Å². The maximum Gasteiger partial charge on any atom is 0.220 e. The number of hydrogen-bond donors (Lipinski definition) is 1. The average Bonchev–Trinajstić information content (AvgIpc) is 2.27. The van der Waals surface area contributed by atoms with Crippen molar-refractivity contribution in [1.82, 2.24) is 5.32 Å². The summed E-state index contributed by atoms with van der Waals surface area (Å²) in [5.41, 5.74) is -0.715. The van der Waals surface area contributed by atoms with Crippen molar-refractivity contribution in [3.8, 4) is 6.07 Å². The van der Waals surface area contributed by atoms with Crippen molar-refractivity contribution in [3.63, 3.8) is 0 Å². The maximum absolute atomic E-state index is 12.2. The monoisotopic (exact) mass is 232 g/mol. The number of Topliss-reactive ketones (excluding diaryl/α,β-unsaturated/α-hetero) is 1. The molecule has 0 radical (unpaired) electrons. The molecule has 0 bridgehead atoms. The van der Waals surface area contributed by atoms with Gasteiger partial charge in [0.25, 0.3) is 0 Å². The molecule has 1 fully saturated rings. The van der Waals surface area contributed by atoms with Crippen molar-refractivity contribution < 1.29 is 9.59 Å². The third-order valence-corrected chi connectivity index (χ3v) is 4.15. The predicted octanol–water partition coefficient (Wildman–Crippen LogP) is 1.19. The van der Waals surface area contributed by atoms with Gasteiger partial charge in [-0.1, -0.05) is 26.8 Å². The summed E-state index contributed by atoms with van der Waals surface area (Å²) in [5, 5.41) is 11.8. The summed E-state index contributed by atoms with van der Waals surface area (Å²) in [6.45, 7) is 6.17. The van der Waals surface area contributed by atoms with Crippen LogP contribution in [0.25, 0.3) is 0 Å². The second kappa shape index (κ2) is 3.43. The van der Waals surface area contributed by atoms with Gasteiger partial charge in [0.15, 0.2) is 5.78 Å². The summed E-state index contributed by atoms with van der Waals surface area (Å²) in [6, 6.07) is 1.98. The van der Waals surface area contributed by atoms with Gasteiger partial charge in [-0.25, -0.2) is 0 Å². The number of allylic oxidation sites excluding steroid dienone is 1. The number of ketones is 1. The van der Waals surface area contributed by atoms with Crippen LogP contribution in [0.3, 0.4) is 0 Å². The van der Waals surface area contributed by atoms with Crippen LogP contribution in [-0.4, -0.2) is 18.2 Å². The smallest absolute Gasteiger partial charge is 0.220 e. The average molecular weight is 232 g/mol.